The molecule has 1 aliphatic carbocycles. The number of carbonyl (C=O) groups is 1. The SMILES string of the molecule is O=C1NCC2(CCCCC2)c2ccc(Cl)cc21. The van der Waals surface area contributed by atoms with E-state index in [1.54, 1.807) is 0 Å². The number of hydrogen-bond donors (Lipinski definition) is 1. The van der Waals surface area contributed by atoms with Gasteiger partial charge in [0.2, 0.25) is 0 Å². The van der Waals surface area contributed by atoms with Gasteiger partial charge in [-0.15, -0.1) is 0 Å². The minimum absolute atomic E-state index is 0.0266. The van der Waals surface area contributed by atoms with Crippen molar-refractivity contribution in [3.8, 4) is 0 Å². The Hall–Kier alpha value is -1.02. The average Bonchev–Trinajstić information content (AvgIpc) is 2.36. The molecule has 1 aromatic carbocycles. The number of amides is 1. The highest BCUT2D eigenvalue weighted by molar-refractivity contribution is 6.31. The van der Waals surface area contributed by atoms with Crippen LogP contribution in [0.1, 0.15) is 48.0 Å². The van der Waals surface area contributed by atoms with Gasteiger partial charge in [0.1, 0.15) is 0 Å². The standard InChI is InChI=1S/C14H16ClNO/c15-10-4-5-12-11(8-10)13(17)16-9-14(12)6-2-1-3-7-14/h4-5,8H,1-3,6-7,9H2,(H,16,17). The predicted molar refractivity (Wildman–Crippen MR) is 68.5 cm³/mol. The molecule has 1 amide bonds. The van der Waals surface area contributed by atoms with E-state index in [1.807, 2.05) is 12.1 Å². The minimum atomic E-state index is 0.0266. The van der Waals surface area contributed by atoms with Crippen molar-refractivity contribution in [3.63, 3.8) is 0 Å². The van der Waals surface area contributed by atoms with Crippen molar-refractivity contribution in [2.24, 2.45) is 0 Å². The molecule has 3 heteroatoms. The van der Waals surface area contributed by atoms with Gasteiger partial charge in [-0.2, -0.15) is 0 Å². The maximum atomic E-state index is 11.9. The molecule has 0 radical (unpaired) electrons. The first-order valence-electron chi connectivity index (χ1n) is 6.30. The second-order valence-corrected chi connectivity index (χ2v) is 5.65. The van der Waals surface area contributed by atoms with Gasteiger partial charge in [0.05, 0.1) is 0 Å². The zero-order valence-electron chi connectivity index (χ0n) is 9.76. The van der Waals surface area contributed by atoms with Gasteiger partial charge in [-0.3, -0.25) is 4.79 Å². The van der Waals surface area contributed by atoms with Gasteiger partial charge in [-0.1, -0.05) is 36.9 Å². The minimum Gasteiger partial charge on any atom is -0.351 e. The number of hydrogen-bond acceptors (Lipinski definition) is 1. The number of halogens is 1. The third-order valence-electron chi connectivity index (χ3n) is 4.20. The summed E-state index contributed by atoms with van der Waals surface area (Å²) in [6, 6.07) is 5.78. The lowest BCUT2D eigenvalue weighted by Gasteiger charge is -2.42. The quantitative estimate of drug-likeness (QED) is 0.751. The van der Waals surface area contributed by atoms with Gasteiger partial charge >= 0.3 is 0 Å². The Labute approximate surface area is 106 Å². The summed E-state index contributed by atoms with van der Waals surface area (Å²) in [6.45, 7) is 0.792. The summed E-state index contributed by atoms with van der Waals surface area (Å²) < 4.78 is 0. The molecule has 1 aliphatic heterocycles. The predicted octanol–water partition coefficient (Wildman–Crippen LogP) is 3.29. The summed E-state index contributed by atoms with van der Waals surface area (Å²) in [6.07, 6.45) is 6.21. The molecular formula is C14H16ClNO. The van der Waals surface area contributed by atoms with Crippen LogP contribution >= 0.6 is 11.6 Å². The van der Waals surface area contributed by atoms with E-state index in [2.05, 4.69) is 11.4 Å². The summed E-state index contributed by atoms with van der Waals surface area (Å²) >= 11 is 5.99. The Morgan fingerprint density at radius 1 is 1.18 bits per heavy atom. The number of benzene rings is 1. The van der Waals surface area contributed by atoms with Gasteiger partial charge in [-0.25, -0.2) is 0 Å². The van der Waals surface area contributed by atoms with Crippen LogP contribution in [0.3, 0.4) is 0 Å². The lowest BCUT2D eigenvalue weighted by Crippen LogP contribution is -2.47. The molecule has 2 aliphatic rings. The van der Waals surface area contributed by atoms with Gasteiger partial charge in [-0.05, 0) is 30.5 Å². The van der Waals surface area contributed by atoms with E-state index in [-0.39, 0.29) is 11.3 Å². The number of carbonyl (C=O) groups excluding carboxylic acids is 1. The number of rotatable bonds is 0. The first-order chi connectivity index (χ1) is 8.21. The topological polar surface area (TPSA) is 29.1 Å². The fourth-order valence-electron chi connectivity index (χ4n) is 3.28. The maximum absolute atomic E-state index is 11.9. The second-order valence-electron chi connectivity index (χ2n) is 5.21. The van der Waals surface area contributed by atoms with E-state index in [9.17, 15) is 4.79 Å². The summed E-state index contributed by atoms with van der Waals surface area (Å²) in [5.41, 5.74) is 2.17. The molecule has 1 heterocycles. The van der Waals surface area contributed by atoms with Crippen molar-refractivity contribution < 1.29 is 4.79 Å². The molecule has 0 saturated heterocycles. The van der Waals surface area contributed by atoms with Crippen molar-refractivity contribution in [1.82, 2.24) is 5.32 Å². The van der Waals surface area contributed by atoms with Crippen molar-refractivity contribution in [3.05, 3.63) is 34.3 Å². The van der Waals surface area contributed by atoms with E-state index in [1.165, 1.54) is 37.7 Å². The molecule has 0 atom stereocenters. The molecule has 1 spiro atoms. The average molecular weight is 250 g/mol. The lowest BCUT2D eigenvalue weighted by atomic mass is 9.66. The molecule has 0 aromatic heterocycles. The third-order valence-corrected chi connectivity index (χ3v) is 4.43. The van der Waals surface area contributed by atoms with Crippen molar-refractivity contribution in [1.29, 1.82) is 0 Å². The molecule has 1 fully saturated rings. The zero-order valence-corrected chi connectivity index (χ0v) is 10.5. The van der Waals surface area contributed by atoms with Crippen molar-refractivity contribution in [2.75, 3.05) is 6.54 Å². The van der Waals surface area contributed by atoms with E-state index in [0.29, 0.717) is 5.02 Å². The van der Waals surface area contributed by atoms with Gasteiger partial charge in [0.25, 0.3) is 5.91 Å². The molecule has 17 heavy (non-hydrogen) atoms. The van der Waals surface area contributed by atoms with Gasteiger partial charge in [0.15, 0.2) is 0 Å². The molecule has 2 nitrogen and oxygen atoms in total. The summed E-state index contributed by atoms with van der Waals surface area (Å²) in [7, 11) is 0. The fraction of sp³-hybridized carbons (Fsp3) is 0.500. The first-order valence-corrected chi connectivity index (χ1v) is 6.67. The van der Waals surface area contributed by atoms with E-state index >= 15 is 0 Å². The highest BCUT2D eigenvalue weighted by Crippen LogP contribution is 2.42. The molecule has 0 unspecified atom stereocenters. The van der Waals surface area contributed by atoms with Gasteiger partial charge in [0, 0.05) is 22.5 Å². The highest BCUT2D eigenvalue weighted by Gasteiger charge is 2.40. The fourth-order valence-corrected chi connectivity index (χ4v) is 3.45. The second kappa shape index (κ2) is 4.02. The Balaban J connectivity index is 2.11. The van der Waals surface area contributed by atoms with Crippen molar-refractivity contribution in [2.45, 2.75) is 37.5 Å². The van der Waals surface area contributed by atoms with E-state index in [0.717, 1.165) is 12.1 Å². The van der Waals surface area contributed by atoms with Crippen LogP contribution in [-0.4, -0.2) is 12.5 Å². The summed E-state index contributed by atoms with van der Waals surface area (Å²) in [5, 5.41) is 3.67. The summed E-state index contributed by atoms with van der Waals surface area (Å²) in [4.78, 5) is 11.9. The Kier molecular flexibility index (Phi) is 2.62. The van der Waals surface area contributed by atoms with Crippen LogP contribution in [0.5, 0.6) is 0 Å². The normalized spacial score (nSPS) is 22.1. The van der Waals surface area contributed by atoms with Crippen LogP contribution in [0, 0.1) is 0 Å². The van der Waals surface area contributed by atoms with Gasteiger partial charge < -0.3 is 5.32 Å². The molecular weight excluding hydrogens is 234 g/mol. The lowest BCUT2D eigenvalue weighted by molar-refractivity contribution is 0.0912. The molecule has 3 rings (SSSR count). The Morgan fingerprint density at radius 2 is 1.94 bits per heavy atom. The van der Waals surface area contributed by atoms with E-state index < -0.39 is 0 Å². The Bertz CT molecular complexity index is 463. The van der Waals surface area contributed by atoms with E-state index in [4.69, 9.17) is 11.6 Å². The molecule has 1 N–H and O–H groups in total. The molecule has 90 valence electrons. The smallest absolute Gasteiger partial charge is 0.251 e. The number of nitrogens with one attached hydrogen (secondary N) is 1. The molecule has 0 bridgehead atoms. The Morgan fingerprint density at radius 3 is 2.71 bits per heavy atom. The molecule has 1 aromatic rings. The zero-order chi connectivity index (χ0) is 11.9. The van der Waals surface area contributed by atoms with Crippen LogP contribution in [0.2, 0.25) is 5.02 Å². The van der Waals surface area contributed by atoms with Crippen LogP contribution < -0.4 is 5.32 Å². The largest absolute Gasteiger partial charge is 0.351 e. The maximum Gasteiger partial charge on any atom is 0.251 e. The molecule has 1 saturated carbocycles. The highest BCUT2D eigenvalue weighted by atomic mass is 35.5. The van der Waals surface area contributed by atoms with Crippen LogP contribution in [-0.2, 0) is 5.41 Å². The van der Waals surface area contributed by atoms with Crippen LogP contribution in [0.4, 0.5) is 0 Å². The van der Waals surface area contributed by atoms with Crippen LogP contribution in [0.15, 0.2) is 18.2 Å². The van der Waals surface area contributed by atoms with Crippen molar-refractivity contribution >= 4 is 17.5 Å². The third kappa shape index (κ3) is 1.75. The monoisotopic (exact) mass is 249 g/mol. The number of fused-ring (bicyclic) bond motifs is 2. The summed E-state index contributed by atoms with van der Waals surface area (Å²) in [5.74, 6) is 0.0266. The first kappa shape index (κ1) is 11.1. The van der Waals surface area contributed by atoms with Crippen LogP contribution in [0.25, 0.3) is 0 Å².